The maximum atomic E-state index is 12.9. The van der Waals surface area contributed by atoms with Crippen LogP contribution in [0.5, 0.6) is 5.75 Å². The molecule has 1 aliphatic heterocycles. The molecule has 3 aromatic rings. The van der Waals surface area contributed by atoms with E-state index in [2.05, 4.69) is 15.9 Å². The van der Waals surface area contributed by atoms with Crippen LogP contribution < -0.4 is 4.18 Å². The zero-order valence-electron chi connectivity index (χ0n) is 18.8. The topological polar surface area (TPSA) is 167 Å². The number of halogens is 1. The number of rotatable bonds is 8. The number of carbonyl (C=O) groups is 2. The largest absolute Gasteiger partial charge is 0.378 e. The van der Waals surface area contributed by atoms with Gasteiger partial charge in [0.25, 0.3) is 22.5 Å². The molecular weight excluding hydrogens is 606 g/mol. The lowest BCUT2D eigenvalue weighted by Crippen LogP contribution is -2.27. The predicted octanol–water partition coefficient (Wildman–Crippen LogP) is 5.27. The molecular formula is C23H14BrN3O9S2. The van der Waals surface area contributed by atoms with Crippen LogP contribution in [0.4, 0.5) is 16.2 Å². The average molecular weight is 620 g/mol. The number of benzene rings is 3. The second kappa shape index (κ2) is 10.7. The van der Waals surface area contributed by atoms with Crippen molar-refractivity contribution in [3.8, 4) is 5.75 Å². The van der Waals surface area contributed by atoms with Crippen LogP contribution in [0.2, 0.25) is 0 Å². The maximum absolute atomic E-state index is 12.9. The third kappa shape index (κ3) is 5.74. The van der Waals surface area contributed by atoms with Crippen LogP contribution in [-0.4, -0.2) is 34.3 Å². The van der Waals surface area contributed by atoms with E-state index in [1.807, 2.05) is 0 Å². The third-order valence-electron chi connectivity index (χ3n) is 5.18. The van der Waals surface area contributed by atoms with E-state index in [0.717, 1.165) is 29.2 Å². The number of imide groups is 1. The lowest BCUT2D eigenvalue weighted by Gasteiger charge is -2.12. The maximum Gasteiger partial charge on any atom is 0.339 e. The molecule has 0 aliphatic carbocycles. The van der Waals surface area contributed by atoms with Gasteiger partial charge in [0.15, 0.2) is 5.75 Å². The van der Waals surface area contributed by atoms with Gasteiger partial charge in [0.1, 0.15) is 4.90 Å². The first-order valence-corrected chi connectivity index (χ1v) is 13.4. The lowest BCUT2D eigenvalue weighted by atomic mass is 10.1. The van der Waals surface area contributed by atoms with Crippen LogP contribution >= 0.6 is 27.7 Å². The van der Waals surface area contributed by atoms with Gasteiger partial charge < -0.3 is 4.18 Å². The summed E-state index contributed by atoms with van der Waals surface area (Å²) in [6, 6.07) is 14.2. The summed E-state index contributed by atoms with van der Waals surface area (Å²) in [6.07, 6.45) is 1.42. The first-order chi connectivity index (χ1) is 18.0. The predicted molar refractivity (Wildman–Crippen MR) is 140 cm³/mol. The van der Waals surface area contributed by atoms with E-state index in [9.17, 15) is 38.2 Å². The molecule has 0 atom stereocenters. The van der Waals surface area contributed by atoms with E-state index in [1.165, 1.54) is 42.5 Å². The lowest BCUT2D eigenvalue weighted by molar-refractivity contribution is -0.385. The summed E-state index contributed by atoms with van der Waals surface area (Å²) >= 11 is 3.89. The molecule has 1 fully saturated rings. The monoisotopic (exact) mass is 619 g/mol. The van der Waals surface area contributed by atoms with Crippen LogP contribution in [0.15, 0.2) is 81.0 Å². The van der Waals surface area contributed by atoms with Crippen LogP contribution in [0.1, 0.15) is 11.1 Å². The number of para-hydroxylation sites is 1. The molecule has 1 aliphatic rings. The van der Waals surface area contributed by atoms with Gasteiger partial charge in [0.05, 0.1) is 25.8 Å². The van der Waals surface area contributed by atoms with Gasteiger partial charge >= 0.3 is 10.1 Å². The van der Waals surface area contributed by atoms with Crippen LogP contribution in [-0.2, 0) is 21.5 Å². The van der Waals surface area contributed by atoms with Crippen LogP contribution in [0, 0.1) is 20.2 Å². The fourth-order valence-electron chi connectivity index (χ4n) is 3.36. The summed E-state index contributed by atoms with van der Waals surface area (Å²) in [7, 11) is -4.30. The number of nitrogens with zero attached hydrogens (tertiary/aromatic N) is 3. The quantitative estimate of drug-likeness (QED) is 0.140. The van der Waals surface area contributed by atoms with Gasteiger partial charge in [-0.05, 0) is 63.6 Å². The number of hydrogen-bond donors (Lipinski definition) is 0. The summed E-state index contributed by atoms with van der Waals surface area (Å²) < 4.78 is 30.5. The summed E-state index contributed by atoms with van der Waals surface area (Å²) in [5.74, 6) is -0.708. The molecule has 194 valence electrons. The molecule has 3 aromatic carbocycles. The average Bonchev–Trinajstić information content (AvgIpc) is 3.13. The number of carbonyl (C=O) groups excluding carboxylic acids is 2. The molecule has 15 heteroatoms. The van der Waals surface area contributed by atoms with Gasteiger partial charge in [-0.25, -0.2) is 0 Å². The first kappa shape index (κ1) is 27.0. The Morgan fingerprint density at radius 1 is 0.974 bits per heavy atom. The summed E-state index contributed by atoms with van der Waals surface area (Å²) in [4.78, 5) is 46.8. The standard InChI is InChI=1S/C23H14BrN3O9S2/c24-18-11-14(5-10-20(18)36-38(34,35)17-8-6-16(7-9-17)26(30)31)12-21-22(28)25(23(29)37-21)13-15-3-1-2-4-19(15)27(32)33/h1-12H,13H2/b21-12-. The molecule has 1 heterocycles. The number of hydrogen-bond acceptors (Lipinski definition) is 10. The van der Waals surface area contributed by atoms with Crippen molar-refractivity contribution in [3.63, 3.8) is 0 Å². The normalized spacial score (nSPS) is 14.7. The van der Waals surface area contributed by atoms with Crippen molar-refractivity contribution in [2.75, 3.05) is 0 Å². The molecule has 0 N–H and O–H groups in total. The summed E-state index contributed by atoms with van der Waals surface area (Å²) in [6.45, 7) is -0.268. The van der Waals surface area contributed by atoms with Gasteiger partial charge in [0.2, 0.25) is 0 Å². The highest BCUT2D eigenvalue weighted by Crippen LogP contribution is 2.36. The third-order valence-corrected chi connectivity index (χ3v) is 7.96. The fourth-order valence-corrected chi connectivity index (χ4v) is 5.73. The highest BCUT2D eigenvalue weighted by Gasteiger charge is 2.36. The van der Waals surface area contributed by atoms with E-state index in [1.54, 1.807) is 6.07 Å². The van der Waals surface area contributed by atoms with Gasteiger partial charge in [-0.3, -0.25) is 34.7 Å². The van der Waals surface area contributed by atoms with E-state index >= 15 is 0 Å². The number of amides is 2. The Morgan fingerprint density at radius 2 is 1.66 bits per heavy atom. The Hall–Kier alpha value is -4.08. The molecule has 0 radical (unpaired) electrons. The van der Waals surface area contributed by atoms with Crippen molar-refractivity contribution in [1.29, 1.82) is 0 Å². The van der Waals surface area contributed by atoms with Gasteiger partial charge in [-0.15, -0.1) is 0 Å². The smallest absolute Gasteiger partial charge is 0.339 e. The van der Waals surface area contributed by atoms with Gasteiger partial charge in [-0.1, -0.05) is 24.3 Å². The van der Waals surface area contributed by atoms with Crippen molar-refractivity contribution in [2.45, 2.75) is 11.4 Å². The number of nitro groups is 2. The Kier molecular flexibility index (Phi) is 7.61. The van der Waals surface area contributed by atoms with E-state index in [-0.39, 0.29) is 43.5 Å². The van der Waals surface area contributed by atoms with Crippen molar-refractivity contribution in [2.24, 2.45) is 0 Å². The zero-order valence-corrected chi connectivity index (χ0v) is 22.1. The van der Waals surface area contributed by atoms with Crippen molar-refractivity contribution in [1.82, 2.24) is 4.90 Å². The van der Waals surface area contributed by atoms with Crippen LogP contribution in [0.25, 0.3) is 6.08 Å². The SMILES string of the molecule is O=C1S/C(=C\c2ccc(OS(=O)(=O)c3ccc([N+](=O)[O-])cc3)c(Br)c2)C(=O)N1Cc1ccccc1[N+](=O)[O-]. The summed E-state index contributed by atoms with van der Waals surface area (Å²) in [5.41, 5.74) is 0.160. The van der Waals surface area contributed by atoms with E-state index < -0.39 is 31.1 Å². The molecule has 0 aromatic heterocycles. The van der Waals surface area contributed by atoms with Gasteiger partial charge in [-0.2, -0.15) is 8.42 Å². The number of nitro benzene ring substituents is 2. The molecule has 0 unspecified atom stereocenters. The summed E-state index contributed by atoms with van der Waals surface area (Å²) in [5, 5.41) is 21.4. The first-order valence-electron chi connectivity index (χ1n) is 10.4. The minimum absolute atomic E-state index is 0.0765. The van der Waals surface area contributed by atoms with Crippen molar-refractivity contribution >= 4 is 66.4 Å². The number of non-ortho nitro benzene ring substituents is 1. The molecule has 0 spiro atoms. The van der Waals surface area contributed by atoms with Crippen molar-refractivity contribution in [3.05, 3.63) is 107 Å². The second-order valence-electron chi connectivity index (χ2n) is 7.63. The van der Waals surface area contributed by atoms with E-state index in [0.29, 0.717) is 17.3 Å². The Bertz CT molecular complexity index is 1620. The molecule has 12 nitrogen and oxygen atoms in total. The molecule has 0 saturated carbocycles. The van der Waals surface area contributed by atoms with Gasteiger partial charge in [0, 0.05) is 23.8 Å². The Morgan fingerprint density at radius 3 is 2.29 bits per heavy atom. The molecule has 1 saturated heterocycles. The molecule has 0 bridgehead atoms. The van der Waals surface area contributed by atoms with Crippen LogP contribution in [0.3, 0.4) is 0 Å². The highest BCUT2D eigenvalue weighted by atomic mass is 79.9. The van der Waals surface area contributed by atoms with E-state index in [4.69, 9.17) is 4.18 Å². The van der Waals surface area contributed by atoms with Crippen molar-refractivity contribution < 1.29 is 32.0 Å². The fraction of sp³-hybridized carbons (Fsp3) is 0.0435. The second-order valence-corrected chi connectivity index (χ2v) is 11.0. The highest BCUT2D eigenvalue weighted by molar-refractivity contribution is 9.10. The zero-order chi connectivity index (χ0) is 27.6. The Balaban J connectivity index is 1.52. The minimum Gasteiger partial charge on any atom is -0.378 e. The molecule has 38 heavy (non-hydrogen) atoms. The Labute approximate surface area is 227 Å². The molecule has 2 amide bonds. The number of thioether (sulfide) groups is 1. The minimum atomic E-state index is -4.30. The molecule has 4 rings (SSSR count).